The number of piperazine rings is 1. The first kappa shape index (κ1) is 27.9. The van der Waals surface area contributed by atoms with E-state index in [0.717, 1.165) is 62.4 Å². The van der Waals surface area contributed by atoms with Gasteiger partial charge in [-0.1, -0.05) is 63.6 Å². The number of amides is 2. The average Bonchev–Trinajstić information content (AvgIpc) is 3.24. The third kappa shape index (κ3) is 5.79. The molecule has 1 spiro atoms. The first-order chi connectivity index (χ1) is 18.9. The summed E-state index contributed by atoms with van der Waals surface area (Å²) in [4.78, 5) is 32.0. The summed E-state index contributed by atoms with van der Waals surface area (Å²) in [5, 5.41) is 8.04. The number of para-hydroxylation sites is 1. The fourth-order valence-corrected chi connectivity index (χ4v) is 7.12. The first-order valence-electron chi connectivity index (χ1n) is 15.4. The third-order valence-electron chi connectivity index (χ3n) is 9.64. The van der Waals surface area contributed by atoms with Crippen LogP contribution in [-0.2, 0) is 16.1 Å². The zero-order chi connectivity index (χ0) is 27.4. The smallest absolute Gasteiger partial charge is 0.246 e. The number of carbonyl (C=O) groups excluding carboxylic acids is 2. The van der Waals surface area contributed by atoms with Crippen molar-refractivity contribution in [3.8, 4) is 5.69 Å². The number of likely N-dealkylation sites (tertiary alicyclic amines) is 1. The Morgan fingerprint density at radius 1 is 1.00 bits per heavy atom. The molecule has 1 unspecified atom stereocenters. The molecule has 1 saturated carbocycles. The van der Waals surface area contributed by atoms with Crippen molar-refractivity contribution in [3.63, 3.8) is 0 Å². The summed E-state index contributed by atoms with van der Waals surface area (Å²) in [6.07, 6.45) is 11.7. The molecule has 5 rings (SSSR count). The van der Waals surface area contributed by atoms with Crippen molar-refractivity contribution in [2.45, 2.75) is 110 Å². The highest BCUT2D eigenvalue weighted by Gasteiger charge is 2.53. The van der Waals surface area contributed by atoms with Crippen LogP contribution in [-0.4, -0.2) is 62.6 Å². The molecule has 1 aromatic heterocycles. The van der Waals surface area contributed by atoms with Crippen LogP contribution < -0.4 is 5.32 Å². The van der Waals surface area contributed by atoms with Crippen molar-refractivity contribution >= 4 is 11.8 Å². The first-order valence-corrected chi connectivity index (χ1v) is 15.4. The number of piperidine rings is 1. The lowest BCUT2D eigenvalue weighted by molar-refractivity contribution is -0.161. The van der Waals surface area contributed by atoms with Crippen LogP contribution in [0.2, 0.25) is 0 Å². The molecule has 39 heavy (non-hydrogen) atoms. The number of hydrogen-bond acceptors (Lipinski definition) is 4. The van der Waals surface area contributed by atoms with E-state index in [1.807, 2.05) is 27.8 Å². The lowest BCUT2D eigenvalue weighted by Gasteiger charge is -2.52. The Morgan fingerprint density at radius 3 is 2.41 bits per heavy atom. The fourth-order valence-electron chi connectivity index (χ4n) is 7.12. The molecule has 1 N–H and O–H groups in total. The van der Waals surface area contributed by atoms with E-state index in [4.69, 9.17) is 5.10 Å². The third-order valence-corrected chi connectivity index (χ3v) is 9.64. The van der Waals surface area contributed by atoms with Crippen LogP contribution in [0.3, 0.4) is 0 Å². The van der Waals surface area contributed by atoms with Gasteiger partial charge in [0.25, 0.3) is 0 Å². The van der Waals surface area contributed by atoms with Gasteiger partial charge in [-0.2, -0.15) is 5.10 Å². The molecule has 1 atom stereocenters. The summed E-state index contributed by atoms with van der Waals surface area (Å²) < 4.78 is 2.03. The van der Waals surface area contributed by atoms with Crippen molar-refractivity contribution in [2.24, 2.45) is 5.92 Å². The number of aromatic nitrogens is 2. The monoisotopic (exact) mass is 533 g/mol. The van der Waals surface area contributed by atoms with Gasteiger partial charge < -0.3 is 10.2 Å². The highest BCUT2D eigenvalue weighted by molar-refractivity contribution is 6.00. The van der Waals surface area contributed by atoms with E-state index in [2.05, 4.69) is 43.1 Å². The van der Waals surface area contributed by atoms with Crippen molar-refractivity contribution in [1.82, 2.24) is 24.9 Å². The average molecular weight is 534 g/mol. The van der Waals surface area contributed by atoms with Crippen LogP contribution in [0.5, 0.6) is 0 Å². The van der Waals surface area contributed by atoms with Gasteiger partial charge in [-0.05, 0) is 64.0 Å². The number of hydrogen-bond donors (Lipinski definition) is 1. The van der Waals surface area contributed by atoms with Gasteiger partial charge in [0, 0.05) is 37.4 Å². The Labute approximate surface area is 234 Å². The van der Waals surface area contributed by atoms with Crippen molar-refractivity contribution < 1.29 is 9.59 Å². The molecular weight excluding hydrogens is 486 g/mol. The summed E-state index contributed by atoms with van der Waals surface area (Å²) >= 11 is 0. The largest absolute Gasteiger partial charge is 0.342 e. The summed E-state index contributed by atoms with van der Waals surface area (Å²) in [6, 6.07) is 9.91. The summed E-state index contributed by atoms with van der Waals surface area (Å²) in [5.41, 5.74) is 3.83. The number of nitrogens with zero attached hydrogens (tertiary/aromatic N) is 4. The molecular formula is C32H47N5O2. The highest BCUT2D eigenvalue weighted by atomic mass is 16.2. The van der Waals surface area contributed by atoms with Gasteiger partial charge in [0.1, 0.15) is 11.6 Å². The van der Waals surface area contributed by atoms with Gasteiger partial charge >= 0.3 is 0 Å². The molecule has 0 radical (unpaired) electrons. The van der Waals surface area contributed by atoms with E-state index < -0.39 is 5.54 Å². The van der Waals surface area contributed by atoms with E-state index in [1.165, 1.54) is 37.7 Å². The van der Waals surface area contributed by atoms with Crippen LogP contribution in [0.15, 0.2) is 30.3 Å². The van der Waals surface area contributed by atoms with Gasteiger partial charge in [-0.25, -0.2) is 4.68 Å². The summed E-state index contributed by atoms with van der Waals surface area (Å²) in [7, 11) is 0. The van der Waals surface area contributed by atoms with Gasteiger partial charge in [0.05, 0.1) is 11.4 Å². The Morgan fingerprint density at radius 2 is 1.72 bits per heavy atom. The van der Waals surface area contributed by atoms with Gasteiger partial charge in [0.15, 0.2) is 0 Å². The molecule has 3 aliphatic rings. The minimum Gasteiger partial charge on any atom is -0.342 e. The van der Waals surface area contributed by atoms with Crippen LogP contribution in [0.25, 0.3) is 5.69 Å². The van der Waals surface area contributed by atoms with Crippen LogP contribution in [0.4, 0.5) is 0 Å². The number of nitrogens with one attached hydrogen (secondary N) is 1. The Hall–Kier alpha value is -2.67. The van der Waals surface area contributed by atoms with Crippen LogP contribution in [0, 0.1) is 19.8 Å². The lowest BCUT2D eigenvalue weighted by atomic mass is 9.80. The molecule has 2 aromatic rings. The number of aryl methyl sites for hydroxylation is 1. The molecule has 1 aliphatic carbocycles. The van der Waals surface area contributed by atoms with E-state index in [-0.39, 0.29) is 17.9 Å². The highest BCUT2D eigenvalue weighted by Crippen LogP contribution is 2.36. The SMILES string of the molecule is CCCCN1C(=O)C(CCC2CCCCC2)NC(=O)C12CCN(Cc1c(C)nn(-c3ccccc3)c1C)CC2. The topological polar surface area (TPSA) is 70.5 Å². The number of unbranched alkanes of at least 4 members (excludes halogenated alkanes) is 1. The zero-order valence-electron chi connectivity index (χ0n) is 24.3. The molecule has 3 fully saturated rings. The van der Waals surface area contributed by atoms with E-state index in [0.29, 0.717) is 25.3 Å². The number of rotatable bonds is 9. The normalized spacial score (nSPS) is 22.4. The Balaban J connectivity index is 1.26. The Bertz CT molecular complexity index is 1130. The molecule has 2 aliphatic heterocycles. The fraction of sp³-hybridized carbons (Fsp3) is 0.656. The van der Waals surface area contributed by atoms with Crippen LogP contribution >= 0.6 is 0 Å². The summed E-state index contributed by atoms with van der Waals surface area (Å²) in [5.74, 6) is 0.948. The van der Waals surface area contributed by atoms with Crippen molar-refractivity contribution in [1.29, 1.82) is 0 Å². The van der Waals surface area contributed by atoms with E-state index >= 15 is 0 Å². The molecule has 2 amide bonds. The molecule has 2 saturated heterocycles. The Kier molecular flexibility index (Phi) is 8.75. The van der Waals surface area contributed by atoms with Crippen molar-refractivity contribution in [3.05, 3.63) is 47.3 Å². The molecule has 7 nitrogen and oxygen atoms in total. The maximum Gasteiger partial charge on any atom is 0.246 e. The maximum atomic E-state index is 13.8. The minimum absolute atomic E-state index is 0.0794. The molecule has 212 valence electrons. The van der Waals surface area contributed by atoms with Gasteiger partial charge in [-0.3, -0.25) is 14.5 Å². The summed E-state index contributed by atoms with van der Waals surface area (Å²) in [6.45, 7) is 9.47. The standard InChI is InChI=1S/C32H47N5O2/c1-4-5-20-36-30(38)29(17-16-26-12-8-6-9-13-26)33-31(39)32(36)18-21-35(22-19-32)23-28-24(2)34-37(25(28)3)27-14-10-7-11-15-27/h7,10-11,14-15,26,29H,4-6,8-9,12-13,16-23H2,1-3H3,(H,33,39). The predicted molar refractivity (Wildman–Crippen MR) is 155 cm³/mol. The lowest BCUT2D eigenvalue weighted by Crippen LogP contribution is -2.72. The van der Waals surface area contributed by atoms with Crippen molar-refractivity contribution in [2.75, 3.05) is 19.6 Å². The number of carbonyl (C=O) groups is 2. The van der Waals surface area contributed by atoms with Gasteiger partial charge in [0.2, 0.25) is 11.8 Å². The van der Waals surface area contributed by atoms with Crippen LogP contribution in [0.1, 0.15) is 94.5 Å². The van der Waals surface area contributed by atoms with E-state index in [9.17, 15) is 9.59 Å². The number of benzene rings is 1. The second-order valence-corrected chi connectivity index (χ2v) is 12.2. The second-order valence-electron chi connectivity index (χ2n) is 12.2. The molecule has 1 aromatic carbocycles. The minimum atomic E-state index is -0.706. The predicted octanol–water partition coefficient (Wildman–Crippen LogP) is 5.31. The van der Waals surface area contributed by atoms with E-state index in [1.54, 1.807) is 0 Å². The molecule has 3 heterocycles. The molecule has 0 bridgehead atoms. The maximum absolute atomic E-state index is 13.8. The quantitative estimate of drug-likeness (QED) is 0.474. The molecule has 7 heteroatoms. The zero-order valence-corrected chi connectivity index (χ0v) is 24.3. The van der Waals surface area contributed by atoms with Gasteiger partial charge in [-0.15, -0.1) is 0 Å². The second kappa shape index (κ2) is 12.2.